The molecule has 0 bridgehead atoms. The molecular formula is C15H19NO2S. The van der Waals surface area contributed by atoms with Crippen LogP contribution in [0.1, 0.15) is 47.8 Å². The first kappa shape index (κ1) is 14.1. The Balaban J connectivity index is 2.14. The maximum atomic E-state index is 12.6. The summed E-state index contributed by atoms with van der Waals surface area (Å²) in [4.78, 5) is 15.3. The summed E-state index contributed by atoms with van der Waals surface area (Å²) in [6, 6.07) is 2.33. The van der Waals surface area contributed by atoms with Crippen molar-refractivity contribution >= 4 is 17.2 Å². The summed E-state index contributed by atoms with van der Waals surface area (Å²) in [6.07, 6.45) is 3.69. The molecule has 0 unspecified atom stereocenters. The van der Waals surface area contributed by atoms with E-state index in [2.05, 4.69) is 18.8 Å². The highest BCUT2D eigenvalue weighted by Crippen LogP contribution is 2.30. The Morgan fingerprint density at radius 3 is 3.00 bits per heavy atom. The van der Waals surface area contributed by atoms with Gasteiger partial charge < -0.3 is 10.0 Å². The average Bonchev–Trinajstić information content (AvgIpc) is 3.14. The molecular weight excluding hydrogens is 258 g/mol. The molecule has 102 valence electrons. The third-order valence-electron chi connectivity index (χ3n) is 3.03. The smallest absolute Gasteiger partial charge is 0.265 e. The van der Waals surface area contributed by atoms with Gasteiger partial charge in [-0.05, 0) is 30.7 Å². The molecule has 2 rings (SSSR count). The Hall–Kier alpha value is -1.31. The Morgan fingerprint density at radius 1 is 1.58 bits per heavy atom. The molecule has 19 heavy (non-hydrogen) atoms. The Kier molecular flexibility index (Phi) is 5.00. The lowest BCUT2D eigenvalue weighted by atomic mass is 10.2. The van der Waals surface area contributed by atoms with Crippen molar-refractivity contribution in [1.29, 1.82) is 0 Å². The molecule has 1 aliphatic carbocycles. The summed E-state index contributed by atoms with van der Waals surface area (Å²) in [6.45, 7) is 2.98. The van der Waals surface area contributed by atoms with Crippen LogP contribution in [0.4, 0.5) is 0 Å². The molecule has 1 aliphatic rings. The van der Waals surface area contributed by atoms with Crippen LogP contribution in [0.2, 0.25) is 0 Å². The first-order valence-corrected chi connectivity index (χ1v) is 7.64. The second kappa shape index (κ2) is 6.74. The standard InChI is InChI=1S/C15H19NO2S/c1-2-9-16(13-6-7-13)15(18)14-12(8-11-19-14)5-3-4-10-17/h8,11,13,17H,2,4,6-7,9-10H2,1H3. The molecule has 1 saturated carbocycles. The minimum atomic E-state index is 0.0600. The highest BCUT2D eigenvalue weighted by molar-refractivity contribution is 7.12. The largest absolute Gasteiger partial charge is 0.395 e. The van der Waals surface area contributed by atoms with Crippen LogP contribution >= 0.6 is 11.3 Å². The van der Waals surface area contributed by atoms with E-state index < -0.39 is 0 Å². The number of thiophene rings is 1. The molecule has 4 heteroatoms. The number of carbonyl (C=O) groups is 1. The highest BCUT2D eigenvalue weighted by atomic mass is 32.1. The number of hydrogen-bond acceptors (Lipinski definition) is 3. The number of aliphatic hydroxyl groups is 1. The Labute approximate surface area is 118 Å². The molecule has 0 radical (unpaired) electrons. The van der Waals surface area contributed by atoms with Gasteiger partial charge in [0.15, 0.2) is 0 Å². The van der Waals surface area contributed by atoms with Crippen molar-refractivity contribution in [1.82, 2.24) is 4.90 Å². The quantitative estimate of drug-likeness (QED) is 0.840. The molecule has 1 aromatic heterocycles. The third kappa shape index (κ3) is 3.59. The molecule has 1 heterocycles. The van der Waals surface area contributed by atoms with Crippen molar-refractivity contribution in [3.8, 4) is 11.8 Å². The summed E-state index contributed by atoms with van der Waals surface area (Å²) >= 11 is 1.46. The van der Waals surface area contributed by atoms with E-state index in [0.29, 0.717) is 12.5 Å². The van der Waals surface area contributed by atoms with E-state index in [1.54, 1.807) is 0 Å². The molecule has 1 N–H and O–H groups in total. The number of amides is 1. The summed E-state index contributed by atoms with van der Waals surface area (Å²) in [7, 11) is 0. The average molecular weight is 277 g/mol. The van der Waals surface area contributed by atoms with Crippen LogP contribution in [0, 0.1) is 11.8 Å². The molecule has 3 nitrogen and oxygen atoms in total. The number of nitrogens with zero attached hydrogens (tertiary/aromatic N) is 1. The van der Waals surface area contributed by atoms with E-state index in [1.807, 2.05) is 16.3 Å². The summed E-state index contributed by atoms with van der Waals surface area (Å²) in [5.74, 6) is 5.99. The van der Waals surface area contributed by atoms with Gasteiger partial charge in [-0.2, -0.15) is 0 Å². The fourth-order valence-corrected chi connectivity index (χ4v) is 2.80. The second-order valence-corrected chi connectivity index (χ2v) is 5.58. The number of aliphatic hydroxyl groups excluding tert-OH is 1. The molecule has 0 spiro atoms. The van der Waals surface area contributed by atoms with Crippen LogP contribution in [0.5, 0.6) is 0 Å². The van der Waals surface area contributed by atoms with Crippen molar-refractivity contribution < 1.29 is 9.90 Å². The SMILES string of the molecule is CCCN(C(=O)c1sccc1C#CCCO)C1CC1. The molecule has 1 amide bonds. The minimum absolute atomic E-state index is 0.0600. The van der Waals surface area contributed by atoms with Crippen LogP contribution in [-0.2, 0) is 0 Å². The van der Waals surface area contributed by atoms with Crippen molar-refractivity contribution in [3.63, 3.8) is 0 Å². The zero-order valence-electron chi connectivity index (χ0n) is 11.2. The monoisotopic (exact) mass is 277 g/mol. The van der Waals surface area contributed by atoms with Gasteiger partial charge in [-0.25, -0.2) is 0 Å². The van der Waals surface area contributed by atoms with E-state index in [0.717, 1.165) is 36.2 Å². The summed E-state index contributed by atoms with van der Waals surface area (Å²) < 4.78 is 0. The maximum Gasteiger partial charge on any atom is 0.265 e. The highest BCUT2D eigenvalue weighted by Gasteiger charge is 2.33. The van der Waals surface area contributed by atoms with Crippen LogP contribution in [0.3, 0.4) is 0 Å². The van der Waals surface area contributed by atoms with Gasteiger partial charge in [-0.3, -0.25) is 4.79 Å². The summed E-state index contributed by atoms with van der Waals surface area (Å²) in [5, 5.41) is 10.6. The third-order valence-corrected chi connectivity index (χ3v) is 3.93. The molecule has 0 aromatic carbocycles. The van der Waals surface area contributed by atoms with Crippen molar-refractivity contribution in [2.45, 2.75) is 38.6 Å². The first-order chi connectivity index (χ1) is 9.27. The normalized spacial score (nSPS) is 13.8. The predicted molar refractivity (Wildman–Crippen MR) is 77.2 cm³/mol. The zero-order valence-corrected chi connectivity index (χ0v) is 12.0. The Morgan fingerprint density at radius 2 is 2.37 bits per heavy atom. The molecule has 1 fully saturated rings. The zero-order chi connectivity index (χ0) is 13.7. The molecule has 0 atom stereocenters. The molecule has 0 aliphatic heterocycles. The minimum Gasteiger partial charge on any atom is -0.395 e. The Bertz CT molecular complexity index is 494. The van der Waals surface area contributed by atoms with Crippen LogP contribution < -0.4 is 0 Å². The van der Waals surface area contributed by atoms with Crippen LogP contribution in [-0.4, -0.2) is 35.1 Å². The lowest BCUT2D eigenvalue weighted by Crippen LogP contribution is -2.33. The van der Waals surface area contributed by atoms with Gasteiger partial charge in [0.05, 0.1) is 6.61 Å². The van der Waals surface area contributed by atoms with Crippen molar-refractivity contribution in [3.05, 3.63) is 21.9 Å². The van der Waals surface area contributed by atoms with Gasteiger partial charge in [-0.1, -0.05) is 18.8 Å². The van der Waals surface area contributed by atoms with E-state index in [9.17, 15) is 4.79 Å². The van der Waals surface area contributed by atoms with Gasteiger partial charge in [0.2, 0.25) is 0 Å². The topological polar surface area (TPSA) is 40.5 Å². The van der Waals surface area contributed by atoms with E-state index in [1.165, 1.54) is 11.3 Å². The van der Waals surface area contributed by atoms with Gasteiger partial charge in [0.25, 0.3) is 5.91 Å². The van der Waals surface area contributed by atoms with Crippen LogP contribution in [0.25, 0.3) is 0 Å². The van der Waals surface area contributed by atoms with E-state index in [-0.39, 0.29) is 12.5 Å². The van der Waals surface area contributed by atoms with Crippen molar-refractivity contribution in [2.75, 3.05) is 13.2 Å². The number of carbonyl (C=O) groups excluding carboxylic acids is 1. The van der Waals surface area contributed by atoms with Gasteiger partial charge in [0, 0.05) is 24.6 Å². The van der Waals surface area contributed by atoms with E-state index in [4.69, 9.17) is 5.11 Å². The lowest BCUT2D eigenvalue weighted by Gasteiger charge is -2.21. The summed E-state index contributed by atoms with van der Waals surface area (Å²) in [5.41, 5.74) is 0.796. The van der Waals surface area contributed by atoms with E-state index >= 15 is 0 Å². The number of hydrogen-bond donors (Lipinski definition) is 1. The molecule has 0 saturated heterocycles. The van der Waals surface area contributed by atoms with Gasteiger partial charge >= 0.3 is 0 Å². The fraction of sp³-hybridized carbons (Fsp3) is 0.533. The lowest BCUT2D eigenvalue weighted by molar-refractivity contribution is 0.0748. The fourth-order valence-electron chi connectivity index (χ4n) is 1.99. The van der Waals surface area contributed by atoms with Crippen LogP contribution in [0.15, 0.2) is 11.4 Å². The van der Waals surface area contributed by atoms with Gasteiger partial charge in [-0.15, -0.1) is 11.3 Å². The number of rotatable bonds is 5. The maximum absolute atomic E-state index is 12.6. The predicted octanol–water partition coefficient (Wildman–Crippen LogP) is 2.50. The molecule has 1 aromatic rings. The first-order valence-electron chi connectivity index (χ1n) is 6.76. The second-order valence-electron chi connectivity index (χ2n) is 4.67. The van der Waals surface area contributed by atoms with Gasteiger partial charge in [0.1, 0.15) is 4.88 Å². The van der Waals surface area contributed by atoms with Crippen molar-refractivity contribution in [2.24, 2.45) is 0 Å².